The molecule has 0 spiro atoms. The Bertz CT molecular complexity index is 816. The standard InChI is InChI=1S/C20H21N3O/c1-15-7-6-10-19(23(2)21)18(15)14-24-20-13-17(11-12-22-20)16-8-4-3-5-9-16/h3-13H,14,21H2,1-2H3. The number of benzene rings is 2. The molecule has 0 bridgehead atoms. The molecule has 1 heterocycles. The quantitative estimate of drug-likeness (QED) is 0.571. The van der Waals surface area contributed by atoms with Crippen molar-refractivity contribution >= 4 is 5.69 Å². The molecule has 0 saturated carbocycles. The second kappa shape index (κ2) is 7.15. The van der Waals surface area contributed by atoms with Gasteiger partial charge in [0.15, 0.2) is 0 Å². The number of hydrogen-bond acceptors (Lipinski definition) is 4. The van der Waals surface area contributed by atoms with E-state index >= 15 is 0 Å². The third-order valence-corrected chi connectivity index (χ3v) is 3.97. The highest BCUT2D eigenvalue weighted by Gasteiger charge is 2.09. The zero-order valence-electron chi connectivity index (χ0n) is 13.9. The van der Waals surface area contributed by atoms with E-state index in [0.717, 1.165) is 27.9 Å². The lowest BCUT2D eigenvalue weighted by Crippen LogP contribution is -2.26. The van der Waals surface area contributed by atoms with Gasteiger partial charge in [0, 0.05) is 24.9 Å². The molecule has 2 aromatic carbocycles. The van der Waals surface area contributed by atoms with Crippen molar-refractivity contribution in [1.29, 1.82) is 0 Å². The topological polar surface area (TPSA) is 51.4 Å². The molecule has 0 unspecified atom stereocenters. The molecule has 122 valence electrons. The summed E-state index contributed by atoms with van der Waals surface area (Å²) >= 11 is 0. The first-order valence-electron chi connectivity index (χ1n) is 7.86. The van der Waals surface area contributed by atoms with E-state index in [2.05, 4.69) is 30.1 Å². The van der Waals surface area contributed by atoms with E-state index in [1.807, 2.05) is 49.5 Å². The zero-order chi connectivity index (χ0) is 16.9. The Morgan fingerprint density at radius 2 is 1.79 bits per heavy atom. The minimum absolute atomic E-state index is 0.425. The Hall–Kier alpha value is -2.85. The van der Waals surface area contributed by atoms with Crippen LogP contribution in [0.25, 0.3) is 11.1 Å². The monoisotopic (exact) mass is 319 g/mol. The lowest BCUT2D eigenvalue weighted by atomic mass is 10.1. The smallest absolute Gasteiger partial charge is 0.214 e. The normalized spacial score (nSPS) is 10.5. The highest BCUT2D eigenvalue weighted by Crippen LogP contribution is 2.25. The maximum Gasteiger partial charge on any atom is 0.214 e. The van der Waals surface area contributed by atoms with Gasteiger partial charge in [0.1, 0.15) is 6.61 Å². The van der Waals surface area contributed by atoms with Gasteiger partial charge in [-0.05, 0) is 35.7 Å². The molecule has 0 aliphatic heterocycles. The van der Waals surface area contributed by atoms with Crippen molar-refractivity contribution in [2.45, 2.75) is 13.5 Å². The Balaban J connectivity index is 1.81. The Labute approximate surface area is 142 Å². The molecule has 0 radical (unpaired) electrons. The van der Waals surface area contributed by atoms with Gasteiger partial charge in [-0.1, -0.05) is 42.5 Å². The van der Waals surface area contributed by atoms with Gasteiger partial charge in [-0.2, -0.15) is 0 Å². The van der Waals surface area contributed by atoms with Gasteiger partial charge >= 0.3 is 0 Å². The summed E-state index contributed by atoms with van der Waals surface area (Å²) in [7, 11) is 1.83. The highest BCUT2D eigenvalue weighted by molar-refractivity contribution is 5.63. The Morgan fingerprint density at radius 3 is 2.54 bits per heavy atom. The maximum absolute atomic E-state index is 5.93. The average Bonchev–Trinajstić information content (AvgIpc) is 2.61. The lowest BCUT2D eigenvalue weighted by molar-refractivity contribution is 0.293. The van der Waals surface area contributed by atoms with Crippen LogP contribution in [0.5, 0.6) is 5.88 Å². The fourth-order valence-electron chi connectivity index (χ4n) is 2.65. The van der Waals surface area contributed by atoms with Crippen LogP contribution in [0, 0.1) is 6.92 Å². The molecule has 4 heteroatoms. The van der Waals surface area contributed by atoms with Gasteiger partial charge in [-0.3, -0.25) is 0 Å². The number of aromatic nitrogens is 1. The summed E-state index contributed by atoms with van der Waals surface area (Å²) in [5, 5.41) is 1.61. The van der Waals surface area contributed by atoms with Gasteiger partial charge in [-0.15, -0.1) is 0 Å². The molecule has 4 nitrogen and oxygen atoms in total. The summed E-state index contributed by atoms with van der Waals surface area (Å²) in [5.41, 5.74) is 5.39. The molecule has 24 heavy (non-hydrogen) atoms. The number of nitrogens with two attached hydrogens (primary N) is 1. The lowest BCUT2D eigenvalue weighted by Gasteiger charge is -2.19. The summed E-state index contributed by atoms with van der Waals surface area (Å²) in [4.78, 5) is 4.32. The van der Waals surface area contributed by atoms with Crippen LogP contribution in [0.2, 0.25) is 0 Å². The number of hydrogen-bond donors (Lipinski definition) is 1. The number of hydrazine groups is 1. The van der Waals surface area contributed by atoms with Crippen molar-refractivity contribution in [2.24, 2.45) is 5.84 Å². The van der Waals surface area contributed by atoms with E-state index in [9.17, 15) is 0 Å². The summed E-state index contributed by atoms with van der Waals surface area (Å²) in [6.45, 7) is 2.48. The molecule has 0 fully saturated rings. The summed E-state index contributed by atoms with van der Waals surface area (Å²) < 4.78 is 5.93. The van der Waals surface area contributed by atoms with E-state index < -0.39 is 0 Å². The van der Waals surface area contributed by atoms with E-state index in [-0.39, 0.29) is 0 Å². The number of ether oxygens (including phenoxy) is 1. The van der Waals surface area contributed by atoms with Gasteiger partial charge in [0.2, 0.25) is 5.88 Å². The van der Waals surface area contributed by atoms with Gasteiger partial charge in [0.05, 0.1) is 5.69 Å². The fraction of sp³-hybridized carbons (Fsp3) is 0.150. The van der Waals surface area contributed by atoms with Crippen molar-refractivity contribution in [3.05, 3.63) is 78.0 Å². The Morgan fingerprint density at radius 1 is 1.00 bits per heavy atom. The molecule has 0 aliphatic carbocycles. The van der Waals surface area contributed by atoms with Gasteiger partial charge in [-0.25, -0.2) is 10.8 Å². The Kier molecular flexibility index (Phi) is 4.77. The first-order valence-corrected chi connectivity index (χ1v) is 7.86. The molecule has 3 aromatic rings. The highest BCUT2D eigenvalue weighted by atomic mass is 16.5. The molecular formula is C20H21N3O. The number of anilines is 1. The second-order valence-electron chi connectivity index (χ2n) is 5.72. The van der Waals surface area contributed by atoms with Crippen LogP contribution in [-0.4, -0.2) is 12.0 Å². The van der Waals surface area contributed by atoms with Crippen LogP contribution in [0.4, 0.5) is 5.69 Å². The average molecular weight is 319 g/mol. The van der Waals surface area contributed by atoms with Gasteiger partial charge < -0.3 is 9.75 Å². The molecule has 1 aromatic heterocycles. The molecule has 2 N–H and O–H groups in total. The first kappa shape index (κ1) is 16.0. The van der Waals surface area contributed by atoms with Crippen LogP contribution in [-0.2, 0) is 6.61 Å². The SMILES string of the molecule is Cc1cccc(N(C)N)c1COc1cc(-c2ccccc2)ccn1. The van der Waals surface area contributed by atoms with Gasteiger partial charge in [0.25, 0.3) is 0 Å². The minimum atomic E-state index is 0.425. The van der Waals surface area contributed by atoms with Crippen LogP contribution in [0.3, 0.4) is 0 Å². The van der Waals surface area contributed by atoms with Crippen LogP contribution in [0.1, 0.15) is 11.1 Å². The zero-order valence-corrected chi connectivity index (χ0v) is 13.9. The fourth-order valence-corrected chi connectivity index (χ4v) is 2.65. The largest absolute Gasteiger partial charge is 0.473 e. The van der Waals surface area contributed by atoms with E-state index in [0.29, 0.717) is 12.5 Å². The molecule has 0 saturated heterocycles. The van der Waals surface area contributed by atoms with Crippen LogP contribution in [0.15, 0.2) is 66.9 Å². The number of pyridine rings is 1. The van der Waals surface area contributed by atoms with Crippen molar-refractivity contribution in [1.82, 2.24) is 4.98 Å². The van der Waals surface area contributed by atoms with E-state index in [1.54, 1.807) is 11.2 Å². The predicted molar refractivity (Wildman–Crippen MR) is 97.8 cm³/mol. The first-order chi connectivity index (χ1) is 11.6. The summed E-state index contributed by atoms with van der Waals surface area (Å²) in [6, 6.07) is 20.2. The van der Waals surface area contributed by atoms with Crippen molar-refractivity contribution in [3.8, 4) is 17.0 Å². The molecular weight excluding hydrogens is 298 g/mol. The van der Waals surface area contributed by atoms with Crippen LogP contribution >= 0.6 is 0 Å². The summed E-state index contributed by atoms with van der Waals surface area (Å²) in [5.74, 6) is 6.52. The molecule has 0 amide bonds. The molecule has 0 atom stereocenters. The third kappa shape index (κ3) is 3.55. The minimum Gasteiger partial charge on any atom is -0.473 e. The van der Waals surface area contributed by atoms with Crippen molar-refractivity contribution in [3.63, 3.8) is 0 Å². The predicted octanol–water partition coefficient (Wildman–Crippen LogP) is 3.95. The number of rotatable bonds is 5. The van der Waals surface area contributed by atoms with Crippen LogP contribution < -0.4 is 15.6 Å². The van der Waals surface area contributed by atoms with E-state index in [1.165, 1.54) is 0 Å². The second-order valence-corrected chi connectivity index (χ2v) is 5.72. The molecule has 0 aliphatic rings. The third-order valence-electron chi connectivity index (χ3n) is 3.97. The maximum atomic E-state index is 5.93. The number of nitrogens with zero attached hydrogens (tertiary/aromatic N) is 2. The van der Waals surface area contributed by atoms with E-state index in [4.69, 9.17) is 10.6 Å². The number of aryl methyl sites for hydroxylation is 1. The van der Waals surface area contributed by atoms with Crippen molar-refractivity contribution < 1.29 is 4.74 Å². The summed E-state index contributed by atoms with van der Waals surface area (Å²) in [6.07, 6.45) is 1.77. The molecule has 3 rings (SSSR count). The van der Waals surface area contributed by atoms with Crippen molar-refractivity contribution in [2.75, 3.05) is 12.1 Å².